The lowest BCUT2D eigenvalue weighted by atomic mass is 10.2. The molecule has 2 aromatic heterocycles. The van der Waals surface area contributed by atoms with Gasteiger partial charge < -0.3 is 9.47 Å². The molecule has 2 nitrogen and oxygen atoms in total. The quantitative estimate of drug-likeness (QED) is 0.195. The monoisotopic (exact) mass is 742 g/mol. The van der Waals surface area contributed by atoms with E-state index in [1.54, 1.807) is 36.9 Å². The van der Waals surface area contributed by atoms with Crippen LogP contribution in [0.2, 0.25) is 0 Å². The summed E-state index contributed by atoms with van der Waals surface area (Å²) in [5, 5.41) is 1.82. The molecule has 0 aliphatic rings. The first-order valence-corrected chi connectivity index (χ1v) is 13.6. The molecule has 0 aliphatic heterocycles. The highest BCUT2D eigenvalue weighted by molar-refractivity contribution is 14.1. The molecule has 0 fully saturated rings. The number of halogens is 4. The third kappa shape index (κ3) is 8.63. The second-order valence-corrected chi connectivity index (χ2v) is 11.9. The largest absolute Gasteiger partial charge is 0.486 e. The van der Waals surface area contributed by atoms with Gasteiger partial charge in [-0.25, -0.2) is 0 Å². The molecule has 0 unspecified atom stereocenters. The second kappa shape index (κ2) is 13.9. The lowest BCUT2D eigenvalue weighted by Gasteiger charge is -1.94. The summed E-state index contributed by atoms with van der Waals surface area (Å²) in [4.78, 5) is 1.22. The van der Waals surface area contributed by atoms with E-state index >= 15 is 0 Å². The molecule has 0 atom stereocenters. The van der Waals surface area contributed by atoms with Crippen molar-refractivity contribution in [3.05, 3.63) is 89.1 Å². The Balaban J connectivity index is 0.000000173. The summed E-state index contributed by atoms with van der Waals surface area (Å²) in [6.07, 6.45) is 0. The molecular weight excluding hydrogens is 727 g/mol. The van der Waals surface area contributed by atoms with Crippen molar-refractivity contribution in [2.75, 3.05) is 14.2 Å². The molecule has 0 saturated carbocycles. The van der Waals surface area contributed by atoms with E-state index in [2.05, 4.69) is 101 Å². The van der Waals surface area contributed by atoms with Crippen molar-refractivity contribution in [1.82, 2.24) is 0 Å². The van der Waals surface area contributed by atoms with Crippen LogP contribution in [0.15, 0.2) is 85.5 Å². The van der Waals surface area contributed by atoms with E-state index in [4.69, 9.17) is 9.47 Å². The molecule has 0 spiro atoms. The lowest BCUT2D eigenvalue weighted by Crippen LogP contribution is -1.75. The molecule has 0 radical (unpaired) electrons. The van der Waals surface area contributed by atoms with Crippen LogP contribution in [0, 0.1) is 3.57 Å². The molecule has 4 rings (SSSR count). The minimum atomic E-state index is 0.905. The molecule has 0 N–H and O–H groups in total. The smallest absolute Gasteiger partial charge is 0.189 e. The summed E-state index contributed by atoms with van der Waals surface area (Å²) >= 11 is 15.6. The Hall–Kier alpha value is -0.390. The maximum Gasteiger partial charge on any atom is 0.189 e. The molecule has 0 amide bonds. The molecule has 2 heterocycles. The Morgan fingerprint density at radius 3 is 1.57 bits per heavy atom. The zero-order valence-electron chi connectivity index (χ0n) is 16.1. The normalized spacial score (nSPS) is 9.67. The minimum Gasteiger partial charge on any atom is -0.486 e. The van der Waals surface area contributed by atoms with Crippen molar-refractivity contribution in [3.8, 4) is 20.6 Å². The van der Waals surface area contributed by atoms with Gasteiger partial charge in [0.2, 0.25) is 0 Å². The number of ether oxygens (including phenoxy) is 2. The molecule has 4 aromatic rings. The Labute approximate surface area is 224 Å². The molecular formula is C22H18Br3IO2S2. The van der Waals surface area contributed by atoms with Gasteiger partial charge in [-0.15, -0.1) is 0 Å². The van der Waals surface area contributed by atoms with Gasteiger partial charge in [0.15, 0.2) is 10.1 Å². The van der Waals surface area contributed by atoms with Crippen LogP contribution in [0.4, 0.5) is 0 Å². The van der Waals surface area contributed by atoms with Crippen LogP contribution < -0.4 is 9.47 Å². The van der Waals surface area contributed by atoms with E-state index in [-0.39, 0.29) is 0 Å². The van der Waals surface area contributed by atoms with Gasteiger partial charge >= 0.3 is 0 Å². The first-order chi connectivity index (χ1) is 14.4. The number of hydrogen-bond acceptors (Lipinski definition) is 4. The fourth-order valence-electron chi connectivity index (χ4n) is 2.12. The van der Waals surface area contributed by atoms with Gasteiger partial charge in [0, 0.05) is 8.45 Å². The van der Waals surface area contributed by atoms with Crippen LogP contribution in [0.25, 0.3) is 10.4 Å². The van der Waals surface area contributed by atoms with Crippen LogP contribution in [-0.2, 0) is 0 Å². The van der Waals surface area contributed by atoms with E-state index in [0.717, 1.165) is 22.9 Å². The van der Waals surface area contributed by atoms with E-state index < -0.39 is 0 Å². The van der Waals surface area contributed by atoms with Gasteiger partial charge in [0.1, 0.15) is 0 Å². The van der Waals surface area contributed by atoms with Gasteiger partial charge in [-0.2, -0.15) is 0 Å². The summed E-state index contributed by atoms with van der Waals surface area (Å²) < 4.78 is 14.6. The highest BCUT2D eigenvalue weighted by Crippen LogP contribution is 2.40. The maximum atomic E-state index is 5.22. The molecule has 2 aromatic carbocycles. The molecule has 0 aliphatic carbocycles. The highest BCUT2D eigenvalue weighted by atomic mass is 127. The number of methoxy groups -OCH3 is 2. The fraction of sp³-hybridized carbons (Fsp3) is 0.0909. The Kier molecular flexibility index (Phi) is 12.0. The van der Waals surface area contributed by atoms with E-state index in [9.17, 15) is 0 Å². The van der Waals surface area contributed by atoms with Crippen LogP contribution in [0.5, 0.6) is 10.1 Å². The van der Waals surface area contributed by atoms with Crippen molar-refractivity contribution in [2.24, 2.45) is 0 Å². The van der Waals surface area contributed by atoms with Crippen molar-refractivity contribution in [3.63, 3.8) is 0 Å². The molecule has 158 valence electrons. The van der Waals surface area contributed by atoms with Crippen molar-refractivity contribution >= 4 is 93.1 Å². The van der Waals surface area contributed by atoms with Gasteiger partial charge in [0.05, 0.1) is 27.0 Å². The topological polar surface area (TPSA) is 18.5 Å². The average molecular weight is 745 g/mol. The predicted molar refractivity (Wildman–Crippen MR) is 149 cm³/mol. The van der Waals surface area contributed by atoms with E-state index in [1.165, 1.54) is 14.0 Å². The number of benzene rings is 2. The SMILES string of the molecule is COc1sc(-c2ccccc2)cc1Br.COc1sc(Br)cc1Br.Ic1ccccc1. The fourth-order valence-corrected chi connectivity index (χ4v) is 6.54. The van der Waals surface area contributed by atoms with E-state index in [1.807, 2.05) is 42.5 Å². The van der Waals surface area contributed by atoms with Crippen LogP contribution in [0.3, 0.4) is 0 Å². The zero-order chi connectivity index (χ0) is 21.9. The van der Waals surface area contributed by atoms with Gasteiger partial charge in [-0.05, 0) is 100 Å². The molecule has 0 saturated heterocycles. The summed E-state index contributed by atoms with van der Waals surface area (Å²) in [7, 11) is 3.34. The lowest BCUT2D eigenvalue weighted by molar-refractivity contribution is 0.424. The van der Waals surface area contributed by atoms with Crippen molar-refractivity contribution in [2.45, 2.75) is 0 Å². The first-order valence-electron chi connectivity index (χ1n) is 8.52. The summed E-state index contributed by atoms with van der Waals surface area (Å²) in [5.41, 5.74) is 1.22. The molecule has 30 heavy (non-hydrogen) atoms. The van der Waals surface area contributed by atoms with Gasteiger partial charge in [0.25, 0.3) is 0 Å². The average Bonchev–Trinajstić information content (AvgIpc) is 3.30. The van der Waals surface area contributed by atoms with Gasteiger partial charge in [-0.1, -0.05) is 71.2 Å². The Morgan fingerprint density at radius 2 is 1.20 bits per heavy atom. The first kappa shape index (κ1) is 25.9. The Bertz CT molecular complexity index is 1020. The summed E-state index contributed by atoms with van der Waals surface area (Å²) in [6.45, 7) is 0. The number of hydrogen-bond donors (Lipinski definition) is 0. The predicted octanol–water partition coefficient (Wildman–Crippen LogP) is 9.76. The minimum absolute atomic E-state index is 0.905. The molecule has 0 bridgehead atoms. The van der Waals surface area contributed by atoms with Gasteiger partial charge in [-0.3, -0.25) is 0 Å². The Morgan fingerprint density at radius 1 is 0.700 bits per heavy atom. The summed E-state index contributed by atoms with van der Waals surface area (Å²) in [6, 6.07) is 24.5. The van der Waals surface area contributed by atoms with Crippen LogP contribution in [0.1, 0.15) is 0 Å². The third-order valence-electron chi connectivity index (χ3n) is 3.44. The van der Waals surface area contributed by atoms with Crippen LogP contribution >= 0.6 is 93.1 Å². The maximum absolute atomic E-state index is 5.22. The number of thiophene rings is 2. The summed E-state index contributed by atoms with van der Waals surface area (Å²) in [5.74, 6) is 0. The van der Waals surface area contributed by atoms with Crippen molar-refractivity contribution in [1.29, 1.82) is 0 Å². The van der Waals surface area contributed by atoms with Crippen molar-refractivity contribution < 1.29 is 9.47 Å². The molecule has 8 heteroatoms. The third-order valence-corrected chi connectivity index (χ3v) is 8.61. The second-order valence-electron chi connectivity index (χ2n) is 5.50. The zero-order valence-corrected chi connectivity index (χ0v) is 24.6. The van der Waals surface area contributed by atoms with Crippen LogP contribution in [-0.4, -0.2) is 14.2 Å². The van der Waals surface area contributed by atoms with E-state index in [0.29, 0.717) is 0 Å². The number of rotatable bonds is 3. The highest BCUT2D eigenvalue weighted by Gasteiger charge is 2.07. The standard InChI is InChI=1S/C11H9BrOS.C6H5I.C5H4Br2OS/c1-13-11-9(12)7-10(14-11)8-5-3-2-4-6-8;7-6-4-2-1-3-5-6;1-8-5-3(6)2-4(7)9-5/h2-7H,1H3;1-5H;2H,1H3.